The molecule has 1 aliphatic heterocycles. The van der Waals surface area contributed by atoms with Crippen LogP contribution in [-0.2, 0) is 19.0 Å². The van der Waals surface area contributed by atoms with Gasteiger partial charge in [0.2, 0.25) is 0 Å². The van der Waals surface area contributed by atoms with Crippen LogP contribution in [0.3, 0.4) is 0 Å². The van der Waals surface area contributed by atoms with E-state index in [1.165, 1.54) is 31.4 Å². The lowest BCUT2D eigenvalue weighted by Crippen LogP contribution is -2.32. The molecule has 0 radical (unpaired) electrons. The molecule has 0 aromatic heterocycles. The Hall–Kier alpha value is -1.60. The molecule has 0 N–H and O–H groups in total. The summed E-state index contributed by atoms with van der Waals surface area (Å²) < 4.78 is 34.8. The largest absolute Gasteiger partial charge is 0.442 e. The van der Waals surface area contributed by atoms with Gasteiger partial charge in [0.25, 0.3) is 10.1 Å². The number of ether oxygens (including phenoxy) is 1. The first-order valence-corrected chi connectivity index (χ1v) is 10.3. The van der Waals surface area contributed by atoms with E-state index >= 15 is 0 Å². The van der Waals surface area contributed by atoms with Gasteiger partial charge in [-0.3, -0.25) is 4.18 Å². The van der Waals surface area contributed by atoms with Gasteiger partial charge in [0.15, 0.2) is 0 Å². The van der Waals surface area contributed by atoms with Crippen molar-refractivity contribution in [3.8, 4) is 0 Å². The number of carbonyl (C=O) groups is 1. The van der Waals surface area contributed by atoms with Crippen LogP contribution in [0.5, 0.6) is 0 Å². The average Bonchev–Trinajstić information content (AvgIpc) is 2.94. The van der Waals surface area contributed by atoms with E-state index in [1.54, 1.807) is 17.0 Å². The van der Waals surface area contributed by atoms with Crippen molar-refractivity contribution in [1.82, 2.24) is 4.90 Å². The predicted molar refractivity (Wildman–Crippen MR) is 92.7 cm³/mol. The van der Waals surface area contributed by atoms with Crippen LogP contribution in [-0.4, -0.2) is 45.2 Å². The maximum Gasteiger partial charge on any atom is 0.410 e. The minimum absolute atomic E-state index is 0.112. The van der Waals surface area contributed by atoms with Gasteiger partial charge in [0.1, 0.15) is 12.7 Å². The molecule has 1 atom stereocenters. The SMILES string of the molecule is Cc1ccc(S(=O)(=O)OCC2CN(CC3CCCCC3)C(=O)O2)cc1. The van der Waals surface area contributed by atoms with Gasteiger partial charge in [-0.1, -0.05) is 37.0 Å². The fraction of sp³-hybridized carbons (Fsp3) is 0.611. The Labute approximate surface area is 149 Å². The summed E-state index contributed by atoms with van der Waals surface area (Å²) in [7, 11) is -3.84. The predicted octanol–water partition coefficient (Wildman–Crippen LogP) is 3.10. The number of amides is 1. The van der Waals surface area contributed by atoms with E-state index in [9.17, 15) is 13.2 Å². The number of hydrogen-bond acceptors (Lipinski definition) is 5. The highest BCUT2D eigenvalue weighted by Crippen LogP contribution is 2.26. The molecule has 3 rings (SSSR count). The van der Waals surface area contributed by atoms with E-state index in [0.717, 1.165) is 18.4 Å². The standard InChI is InChI=1S/C18H25NO5S/c1-14-7-9-17(10-8-14)25(21,22)23-13-16-12-19(18(20)24-16)11-15-5-3-2-4-6-15/h7-10,15-16H,2-6,11-13H2,1H3. The van der Waals surface area contributed by atoms with Crippen LogP contribution in [0.15, 0.2) is 29.2 Å². The number of aryl methyl sites for hydroxylation is 1. The van der Waals surface area contributed by atoms with E-state index in [-0.39, 0.29) is 17.6 Å². The van der Waals surface area contributed by atoms with Crippen LogP contribution < -0.4 is 0 Å². The summed E-state index contributed by atoms with van der Waals surface area (Å²) >= 11 is 0. The normalized spacial score (nSPS) is 22.2. The van der Waals surface area contributed by atoms with Gasteiger partial charge in [-0.2, -0.15) is 8.42 Å². The lowest BCUT2D eigenvalue weighted by atomic mass is 9.89. The van der Waals surface area contributed by atoms with Crippen molar-refractivity contribution in [2.24, 2.45) is 5.92 Å². The number of benzene rings is 1. The van der Waals surface area contributed by atoms with Crippen molar-refractivity contribution < 1.29 is 22.1 Å². The van der Waals surface area contributed by atoms with Crippen LogP contribution in [0.4, 0.5) is 4.79 Å². The maximum absolute atomic E-state index is 12.2. The summed E-state index contributed by atoms with van der Waals surface area (Å²) in [4.78, 5) is 13.8. The Morgan fingerprint density at radius 3 is 2.52 bits per heavy atom. The molecule has 2 aliphatic rings. The zero-order chi connectivity index (χ0) is 17.9. The van der Waals surface area contributed by atoms with Crippen molar-refractivity contribution in [3.63, 3.8) is 0 Å². The van der Waals surface area contributed by atoms with E-state index in [1.807, 2.05) is 6.92 Å². The fourth-order valence-electron chi connectivity index (χ4n) is 3.43. The third-order valence-electron chi connectivity index (χ3n) is 4.87. The van der Waals surface area contributed by atoms with Gasteiger partial charge in [-0.05, 0) is 37.8 Å². The summed E-state index contributed by atoms with van der Waals surface area (Å²) in [5.41, 5.74) is 0.974. The molecular weight excluding hydrogens is 342 g/mol. The maximum atomic E-state index is 12.2. The topological polar surface area (TPSA) is 72.9 Å². The molecule has 1 saturated heterocycles. The third kappa shape index (κ3) is 4.73. The smallest absolute Gasteiger partial charge is 0.410 e. The second kappa shape index (κ2) is 7.74. The van der Waals surface area contributed by atoms with Crippen LogP contribution in [0.1, 0.15) is 37.7 Å². The molecule has 25 heavy (non-hydrogen) atoms. The molecular formula is C18H25NO5S. The first-order valence-electron chi connectivity index (χ1n) is 8.86. The highest BCUT2D eigenvalue weighted by Gasteiger charge is 2.34. The van der Waals surface area contributed by atoms with Gasteiger partial charge in [-0.15, -0.1) is 0 Å². The number of rotatable bonds is 6. The molecule has 138 valence electrons. The summed E-state index contributed by atoms with van der Waals surface area (Å²) in [6.45, 7) is 2.82. The Kier molecular flexibility index (Phi) is 5.64. The molecule has 1 unspecified atom stereocenters. The molecule has 7 heteroatoms. The lowest BCUT2D eigenvalue weighted by molar-refractivity contribution is 0.104. The molecule has 1 aliphatic carbocycles. The Morgan fingerprint density at radius 2 is 1.84 bits per heavy atom. The Bertz CT molecular complexity index is 695. The van der Waals surface area contributed by atoms with E-state index in [4.69, 9.17) is 8.92 Å². The van der Waals surface area contributed by atoms with Crippen molar-refractivity contribution in [2.75, 3.05) is 19.7 Å². The fourth-order valence-corrected chi connectivity index (χ4v) is 4.37. The molecule has 2 fully saturated rings. The number of hydrogen-bond donors (Lipinski definition) is 0. The second-order valence-electron chi connectivity index (χ2n) is 6.97. The molecule has 0 spiro atoms. The lowest BCUT2D eigenvalue weighted by Gasteiger charge is -2.25. The third-order valence-corrected chi connectivity index (χ3v) is 6.17. The molecule has 1 saturated carbocycles. The van der Waals surface area contributed by atoms with Crippen LogP contribution >= 0.6 is 0 Å². The van der Waals surface area contributed by atoms with Crippen molar-refractivity contribution in [1.29, 1.82) is 0 Å². The van der Waals surface area contributed by atoms with Crippen molar-refractivity contribution >= 4 is 16.2 Å². The molecule has 1 aromatic rings. The quantitative estimate of drug-likeness (QED) is 0.723. The van der Waals surface area contributed by atoms with E-state index < -0.39 is 16.2 Å². The summed E-state index contributed by atoms with van der Waals surface area (Å²) in [5, 5.41) is 0. The zero-order valence-corrected chi connectivity index (χ0v) is 15.3. The van der Waals surface area contributed by atoms with Gasteiger partial charge in [-0.25, -0.2) is 4.79 Å². The van der Waals surface area contributed by atoms with E-state index in [2.05, 4.69) is 0 Å². The molecule has 6 nitrogen and oxygen atoms in total. The first-order chi connectivity index (χ1) is 11.9. The Balaban J connectivity index is 1.51. The minimum Gasteiger partial charge on any atom is -0.442 e. The number of cyclic esters (lactones) is 1. The van der Waals surface area contributed by atoms with Crippen LogP contribution in [0.25, 0.3) is 0 Å². The second-order valence-corrected chi connectivity index (χ2v) is 8.58. The van der Waals surface area contributed by atoms with Gasteiger partial charge in [0.05, 0.1) is 11.4 Å². The number of carbonyl (C=O) groups excluding carboxylic acids is 1. The Morgan fingerprint density at radius 1 is 1.16 bits per heavy atom. The van der Waals surface area contributed by atoms with Crippen molar-refractivity contribution in [3.05, 3.63) is 29.8 Å². The van der Waals surface area contributed by atoms with Gasteiger partial charge >= 0.3 is 6.09 Å². The monoisotopic (exact) mass is 367 g/mol. The van der Waals surface area contributed by atoms with E-state index in [0.29, 0.717) is 19.0 Å². The van der Waals surface area contributed by atoms with Crippen molar-refractivity contribution in [2.45, 2.75) is 50.0 Å². The minimum atomic E-state index is -3.84. The highest BCUT2D eigenvalue weighted by molar-refractivity contribution is 7.86. The van der Waals surface area contributed by atoms with Crippen LogP contribution in [0.2, 0.25) is 0 Å². The highest BCUT2D eigenvalue weighted by atomic mass is 32.2. The summed E-state index contributed by atoms with van der Waals surface area (Å²) in [6, 6.07) is 6.47. The van der Waals surface area contributed by atoms with Gasteiger partial charge < -0.3 is 9.64 Å². The first kappa shape index (κ1) is 18.2. The summed E-state index contributed by atoms with van der Waals surface area (Å²) in [5.74, 6) is 0.525. The van der Waals surface area contributed by atoms with Gasteiger partial charge in [0, 0.05) is 6.54 Å². The summed E-state index contributed by atoms with van der Waals surface area (Å²) in [6.07, 6.45) is 5.08. The molecule has 0 bridgehead atoms. The average molecular weight is 367 g/mol. The zero-order valence-electron chi connectivity index (χ0n) is 14.5. The van der Waals surface area contributed by atoms with Crippen LogP contribution in [0, 0.1) is 12.8 Å². The molecule has 1 amide bonds. The molecule has 1 aromatic carbocycles. The number of nitrogens with zero attached hydrogens (tertiary/aromatic N) is 1. The molecule has 1 heterocycles.